The zero-order valence-electron chi connectivity index (χ0n) is 16.3. The van der Waals surface area contributed by atoms with Gasteiger partial charge < -0.3 is 14.5 Å². The monoisotopic (exact) mass is 438 g/mol. The number of ether oxygens (including phenoxy) is 1. The van der Waals surface area contributed by atoms with Crippen molar-refractivity contribution < 1.29 is 17.9 Å². The molecule has 5 rings (SSSR count). The summed E-state index contributed by atoms with van der Waals surface area (Å²) in [5.74, 6) is 0.807. The van der Waals surface area contributed by atoms with Gasteiger partial charge in [0.25, 0.3) is 0 Å². The van der Waals surface area contributed by atoms with Crippen molar-refractivity contribution in [1.29, 1.82) is 0 Å². The molecule has 0 saturated heterocycles. The van der Waals surface area contributed by atoms with E-state index in [-0.39, 0.29) is 11.6 Å². The van der Waals surface area contributed by atoms with E-state index in [4.69, 9.17) is 20.8 Å². The number of rotatable bonds is 3. The summed E-state index contributed by atoms with van der Waals surface area (Å²) in [5, 5.41) is 3.71. The molecule has 2 heterocycles. The van der Waals surface area contributed by atoms with Gasteiger partial charge >= 0.3 is 0 Å². The second-order valence-electron chi connectivity index (χ2n) is 7.28. The van der Waals surface area contributed by atoms with E-state index in [0.717, 1.165) is 30.4 Å². The van der Waals surface area contributed by atoms with E-state index in [2.05, 4.69) is 10.3 Å². The van der Waals surface area contributed by atoms with Crippen molar-refractivity contribution in [3.05, 3.63) is 94.2 Å². The zero-order chi connectivity index (χ0) is 21.4. The molecule has 0 atom stereocenters. The molecule has 4 nitrogen and oxygen atoms in total. The SMILES string of the molecule is Fc1ccc2c(c1)N/C(=C/C=C1\CCCC(/C=C/c3nc4cc(F)ccc4o3)=C1Cl)O2. The van der Waals surface area contributed by atoms with E-state index in [0.29, 0.717) is 39.3 Å². The van der Waals surface area contributed by atoms with Crippen molar-refractivity contribution in [3.8, 4) is 5.75 Å². The van der Waals surface area contributed by atoms with Crippen LogP contribution in [0.25, 0.3) is 17.2 Å². The van der Waals surface area contributed by atoms with Crippen molar-refractivity contribution in [2.24, 2.45) is 0 Å². The molecule has 2 aromatic carbocycles. The average Bonchev–Trinajstić information content (AvgIpc) is 3.34. The van der Waals surface area contributed by atoms with Crippen LogP contribution in [0.1, 0.15) is 25.2 Å². The third kappa shape index (κ3) is 4.11. The molecule has 7 heteroatoms. The largest absolute Gasteiger partial charge is 0.439 e. The molecular weight excluding hydrogens is 422 g/mol. The van der Waals surface area contributed by atoms with Crippen molar-refractivity contribution >= 4 is 34.5 Å². The van der Waals surface area contributed by atoms with Gasteiger partial charge in [-0.15, -0.1) is 0 Å². The molecule has 156 valence electrons. The van der Waals surface area contributed by atoms with Crippen LogP contribution in [0.4, 0.5) is 14.5 Å². The number of benzene rings is 2. The minimum Gasteiger partial charge on any atom is -0.439 e. The van der Waals surface area contributed by atoms with Crippen molar-refractivity contribution in [2.45, 2.75) is 19.3 Å². The van der Waals surface area contributed by atoms with E-state index < -0.39 is 0 Å². The molecule has 2 aliphatic rings. The highest BCUT2D eigenvalue weighted by Gasteiger charge is 2.18. The van der Waals surface area contributed by atoms with Gasteiger partial charge in [0.2, 0.25) is 5.89 Å². The average molecular weight is 439 g/mol. The van der Waals surface area contributed by atoms with Crippen LogP contribution in [-0.2, 0) is 0 Å². The molecule has 0 radical (unpaired) electrons. The molecular formula is C24H17ClF2N2O2. The van der Waals surface area contributed by atoms with Crippen LogP contribution < -0.4 is 10.1 Å². The standard InChI is InChI=1S/C24H17ClF2N2O2/c25-24-14(4-10-22-28-18-12-16(26)6-8-20(18)30-22)2-1-3-15(24)5-11-23-29-19-13-17(27)7-9-21(19)31-23/h4-13,28H,1-3H2/b11-5+,14-4+,22-10-. The smallest absolute Gasteiger partial charge is 0.220 e. The summed E-state index contributed by atoms with van der Waals surface area (Å²) in [4.78, 5) is 4.28. The zero-order valence-corrected chi connectivity index (χ0v) is 17.0. The first-order chi connectivity index (χ1) is 15.0. The van der Waals surface area contributed by atoms with E-state index in [1.54, 1.807) is 24.3 Å². The predicted octanol–water partition coefficient (Wildman–Crippen LogP) is 7.07. The third-order valence-electron chi connectivity index (χ3n) is 5.10. The van der Waals surface area contributed by atoms with Gasteiger partial charge in [-0.05, 0) is 60.8 Å². The Morgan fingerprint density at radius 1 is 1.00 bits per heavy atom. The lowest BCUT2D eigenvalue weighted by Gasteiger charge is -2.16. The number of oxazole rings is 1. The van der Waals surface area contributed by atoms with Crippen LogP contribution in [0.3, 0.4) is 0 Å². The number of halogens is 3. The van der Waals surface area contributed by atoms with Crippen LogP contribution in [0.2, 0.25) is 0 Å². The molecule has 0 amide bonds. The lowest BCUT2D eigenvalue weighted by molar-refractivity contribution is 0.456. The van der Waals surface area contributed by atoms with Gasteiger partial charge in [0.15, 0.2) is 17.2 Å². The fourth-order valence-corrected chi connectivity index (χ4v) is 3.90. The quantitative estimate of drug-likeness (QED) is 0.475. The number of hydrogen-bond acceptors (Lipinski definition) is 4. The van der Waals surface area contributed by atoms with Gasteiger partial charge in [-0.3, -0.25) is 0 Å². The first-order valence-corrected chi connectivity index (χ1v) is 10.2. The summed E-state index contributed by atoms with van der Waals surface area (Å²) in [5.41, 5.74) is 3.54. The maximum Gasteiger partial charge on any atom is 0.220 e. The minimum atomic E-state index is -0.354. The lowest BCUT2D eigenvalue weighted by atomic mass is 9.94. The Kier molecular flexibility index (Phi) is 5.08. The van der Waals surface area contributed by atoms with E-state index in [1.807, 2.05) is 12.2 Å². The Hall–Kier alpha value is -3.38. The molecule has 1 aliphatic heterocycles. The maximum absolute atomic E-state index is 13.3. The summed E-state index contributed by atoms with van der Waals surface area (Å²) in [6.45, 7) is 0. The summed E-state index contributed by atoms with van der Waals surface area (Å²) in [7, 11) is 0. The second-order valence-corrected chi connectivity index (χ2v) is 7.66. The number of nitrogens with zero attached hydrogens (tertiary/aromatic N) is 1. The summed E-state index contributed by atoms with van der Waals surface area (Å²) >= 11 is 6.63. The van der Waals surface area contributed by atoms with Crippen LogP contribution in [0.15, 0.2) is 81.1 Å². The van der Waals surface area contributed by atoms with Gasteiger partial charge in [0, 0.05) is 23.2 Å². The summed E-state index contributed by atoms with van der Waals surface area (Å²) in [6, 6.07) is 8.56. The summed E-state index contributed by atoms with van der Waals surface area (Å²) in [6.07, 6.45) is 9.93. The molecule has 1 N–H and O–H groups in total. The Morgan fingerprint density at radius 2 is 1.84 bits per heavy atom. The van der Waals surface area contributed by atoms with Gasteiger partial charge in [-0.2, -0.15) is 0 Å². The van der Waals surface area contributed by atoms with E-state index >= 15 is 0 Å². The number of fused-ring (bicyclic) bond motifs is 2. The lowest BCUT2D eigenvalue weighted by Crippen LogP contribution is -1.99. The second kappa shape index (κ2) is 8.04. The number of anilines is 1. The van der Waals surface area contributed by atoms with Gasteiger partial charge in [0.1, 0.15) is 17.2 Å². The topological polar surface area (TPSA) is 47.3 Å². The van der Waals surface area contributed by atoms with E-state index in [9.17, 15) is 8.78 Å². The van der Waals surface area contributed by atoms with Gasteiger partial charge in [0.05, 0.1) is 5.69 Å². The third-order valence-corrected chi connectivity index (χ3v) is 5.59. The fraction of sp³-hybridized carbons (Fsp3) is 0.125. The van der Waals surface area contributed by atoms with Crippen molar-refractivity contribution in [2.75, 3.05) is 5.32 Å². The Morgan fingerprint density at radius 3 is 2.74 bits per heavy atom. The fourth-order valence-electron chi connectivity index (χ4n) is 3.59. The van der Waals surface area contributed by atoms with Crippen molar-refractivity contribution in [3.63, 3.8) is 0 Å². The number of hydrogen-bond donors (Lipinski definition) is 1. The summed E-state index contributed by atoms with van der Waals surface area (Å²) < 4.78 is 38.0. The molecule has 1 aliphatic carbocycles. The van der Waals surface area contributed by atoms with Crippen LogP contribution in [0.5, 0.6) is 5.75 Å². The molecule has 0 fully saturated rings. The van der Waals surface area contributed by atoms with Crippen molar-refractivity contribution in [1.82, 2.24) is 4.98 Å². The molecule has 31 heavy (non-hydrogen) atoms. The Labute approximate surface area is 182 Å². The van der Waals surface area contributed by atoms with Gasteiger partial charge in [-0.25, -0.2) is 13.8 Å². The predicted molar refractivity (Wildman–Crippen MR) is 117 cm³/mol. The first-order valence-electron chi connectivity index (χ1n) is 9.84. The van der Waals surface area contributed by atoms with Crippen LogP contribution >= 0.6 is 11.6 Å². The molecule has 0 unspecified atom stereocenters. The Bertz CT molecular complexity index is 1300. The normalized spacial score (nSPS) is 18.8. The highest BCUT2D eigenvalue weighted by Crippen LogP contribution is 2.36. The van der Waals surface area contributed by atoms with Crippen LogP contribution in [-0.4, -0.2) is 4.98 Å². The Balaban J connectivity index is 1.35. The first kappa shape index (κ1) is 19.6. The molecule has 0 spiro atoms. The maximum atomic E-state index is 13.3. The van der Waals surface area contributed by atoms with E-state index in [1.165, 1.54) is 24.3 Å². The highest BCUT2D eigenvalue weighted by molar-refractivity contribution is 6.32. The number of nitrogens with one attached hydrogen (secondary N) is 1. The molecule has 3 aromatic rings. The number of allylic oxidation sites excluding steroid dienone is 6. The van der Waals surface area contributed by atoms with Gasteiger partial charge in [-0.1, -0.05) is 23.8 Å². The highest BCUT2D eigenvalue weighted by atomic mass is 35.5. The number of aromatic nitrogens is 1. The molecule has 0 bridgehead atoms. The molecule has 0 saturated carbocycles. The minimum absolute atomic E-state index is 0.326. The van der Waals surface area contributed by atoms with Crippen LogP contribution in [0, 0.1) is 11.6 Å². The molecule has 1 aromatic heterocycles.